The van der Waals surface area contributed by atoms with Crippen molar-refractivity contribution in [3.63, 3.8) is 0 Å². The van der Waals surface area contributed by atoms with Crippen LogP contribution in [0.5, 0.6) is 0 Å². The van der Waals surface area contributed by atoms with Crippen molar-refractivity contribution in [1.29, 1.82) is 0 Å². The number of allylic oxidation sites excluding steroid dienone is 3. The topological polar surface area (TPSA) is 72.8 Å². The third-order valence-corrected chi connectivity index (χ3v) is 11.8. The van der Waals surface area contributed by atoms with Gasteiger partial charge in [0.2, 0.25) is 0 Å². The Balaban J connectivity index is 1.25. The first-order valence-electron chi connectivity index (χ1n) is 14.7. The van der Waals surface area contributed by atoms with E-state index in [1.807, 2.05) is 41.3 Å². The van der Waals surface area contributed by atoms with Crippen LogP contribution in [0.1, 0.15) is 63.7 Å². The maximum absolute atomic E-state index is 13.6. The van der Waals surface area contributed by atoms with Crippen molar-refractivity contribution < 1.29 is 15.0 Å². The summed E-state index contributed by atoms with van der Waals surface area (Å²) in [6.07, 6.45) is 11.6. The van der Waals surface area contributed by atoms with Crippen LogP contribution in [0.3, 0.4) is 0 Å². The van der Waals surface area contributed by atoms with Gasteiger partial charge in [0.15, 0.2) is 0 Å². The average molecular weight is 547 g/mol. The quantitative estimate of drug-likeness (QED) is 0.373. The van der Waals surface area contributed by atoms with Crippen LogP contribution in [0.2, 0.25) is 0 Å². The number of rotatable bonds is 6. The lowest BCUT2D eigenvalue weighted by Gasteiger charge is -2.56. The normalized spacial score (nSPS) is 35.2. The number of nitrogens with one attached hydrogen (secondary N) is 1. The zero-order valence-corrected chi connectivity index (χ0v) is 24.1. The van der Waals surface area contributed by atoms with Gasteiger partial charge in [0.1, 0.15) is 0 Å². The summed E-state index contributed by atoms with van der Waals surface area (Å²) in [7, 11) is 0. The highest BCUT2D eigenvalue weighted by atomic mass is 32.1. The van der Waals surface area contributed by atoms with Crippen molar-refractivity contribution in [3.8, 4) is 0 Å². The van der Waals surface area contributed by atoms with E-state index in [4.69, 9.17) is 0 Å². The van der Waals surface area contributed by atoms with Crippen LogP contribution in [0.4, 0.5) is 10.5 Å². The smallest absolute Gasteiger partial charge is 0.321 e. The summed E-state index contributed by atoms with van der Waals surface area (Å²) >= 11 is 1.71. The largest absolute Gasteiger partial charge is 0.393 e. The minimum absolute atomic E-state index is 0.119. The van der Waals surface area contributed by atoms with Crippen molar-refractivity contribution in [3.05, 3.63) is 76.0 Å². The predicted octanol–water partition coefficient (Wildman–Crippen LogP) is 6.80. The maximum atomic E-state index is 13.6. The van der Waals surface area contributed by atoms with Gasteiger partial charge < -0.3 is 20.4 Å². The van der Waals surface area contributed by atoms with E-state index in [-0.39, 0.29) is 23.0 Å². The monoisotopic (exact) mass is 546 g/mol. The van der Waals surface area contributed by atoms with Gasteiger partial charge in [-0.2, -0.15) is 0 Å². The molecule has 0 saturated heterocycles. The zero-order valence-electron chi connectivity index (χ0n) is 23.2. The van der Waals surface area contributed by atoms with Crippen molar-refractivity contribution in [2.45, 2.75) is 76.9 Å². The van der Waals surface area contributed by atoms with E-state index in [0.29, 0.717) is 31.3 Å². The highest BCUT2D eigenvalue weighted by Crippen LogP contribution is 2.66. The Kier molecular flexibility index (Phi) is 7.01. The second kappa shape index (κ2) is 10.2. The third-order valence-electron chi connectivity index (χ3n) is 10.8. The highest BCUT2D eigenvalue weighted by molar-refractivity contribution is 7.09. The summed E-state index contributed by atoms with van der Waals surface area (Å²) in [6.45, 7) is 5.60. The minimum Gasteiger partial charge on any atom is -0.393 e. The number of fused-ring (bicyclic) bond motifs is 5. The first-order valence-corrected chi connectivity index (χ1v) is 15.5. The van der Waals surface area contributed by atoms with Gasteiger partial charge in [-0.15, -0.1) is 11.3 Å². The molecule has 1 aromatic carbocycles. The molecule has 0 bridgehead atoms. The number of carbonyl (C=O) groups is 1. The molecule has 39 heavy (non-hydrogen) atoms. The number of hydrogen-bond acceptors (Lipinski definition) is 4. The summed E-state index contributed by atoms with van der Waals surface area (Å²) in [5, 5.41) is 27.9. The molecule has 0 unspecified atom stereocenters. The molecule has 2 aromatic rings. The second-order valence-corrected chi connectivity index (χ2v) is 13.9. The summed E-state index contributed by atoms with van der Waals surface area (Å²) in [5.74, 6) is 0.806. The zero-order chi connectivity index (χ0) is 27.3. The van der Waals surface area contributed by atoms with Gasteiger partial charge in [0.05, 0.1) is 18.2 Å². The Labute approximate surface area is 236 Å². The van der Waals surface area contributed by atoms with Crippen molar-refractivity contribution in [1.82, 2.24) is 4.90 Å². The molecule has 6 atom stereocenters. The van der Waals surface area contributed by atoms with Crippen molar-refractivity contribution in [2.24, 2.45) is 22.7 Å². The number of thiophene rings is 1. The van der Waals surface area contributed by atoms with E-state index in [0.717, 1.165) is 50.6 Å². The van der Waals surface area contributed by atoms with Crippen LogP contribution in [0.15, 0.2) is 71.1 Å². The van der Waals surface area contributed by atoms with Crippen LogP contribution in [0, 0.1) is 22.7 Å². The Morgan fingerprint density at radius 2 is 1.82 bits per heavy atom. The van der Waals surface area contributed by atoms with E-state index in [2.05, 4.69) is 42.8 Å². The number of carbonyl (C=O) groups excluding carboxylic acids is 1. The fourth-order valence-electron chi connectivity index (χ4n) is 8.35. The molecule has 0 aliphatic heterocycles. The van der Waals surface area contributed by atoms with Crippen molar-refractivity contribution in [2.75, 3.05) is 18.4 Å². The Morgan fingerprint density at radius 1 is 1.03 bits per heavy atom. The molecule has 3 saturated carbocycles. The van der Waals surface area contributed by atoms with Crippen LogP contribution < -0.4 is 5.32 Å². The molecule has 4 aliphatic carbocycles. The number of aliphatic hydroxyl groups is 2. The van der Waals surface area contributed by atoms with E-state index in [9.17, 15) is 15.0 Å². The van der Waals surface area contributed by atoms with Crippen LogP contribution in [-0.4, -0.2) is 45.9 Å². The third kappa shape index (κ3) is 4.68. The predicted molar refractivity (Wildman–Crippen MR) is 158 cm³/mol. The molecule has 3 N–H and O–H groups in total. The lowest BCUT2D eigenvalue weighted by atomic mass is 9.50. The summed E-state index contributed by atoms with van der Waals surface area (Å²) in [4.78, 5) is 16.7. The number of urea groups is 1. The maximum Gasteiger partial charge on any atom is 0.321 e. The number of benzene rings is 1. The standard InChI is InChI=1S/C33H42N2O3S/c1-31-16-12-25(36)21-23(31)10-11-27-28(31)13-17-32(2)29(27)14-18-33(32,38)22-35(19-15-26-9-6-20-39-26)30(37)34-24-7-4-3-5-8-24/h3-11,20,25,28-29,36,38H,12-19,21-22H2,1-2H3,(H,34,37)/t25-,28-,29-,31-,32-,33+/m0/s1. The fraction of sp³-hybridized carbons (Fsp3) is 0.545. The van der Waals surface area contributed by atoms with Gasteiger partial charge in [0.25, 0.3) is 0 Å². The Morgan fingerprint density at radius 3 is 2.59 bits per heavy atom. The summed E-state index contributed by atoms with van der Waals surface area (Å²) in [5.41, 5.74) is 2.58. The fourth-order valence-corrected chi connectivity index (χ4v) is 9.04. The molecule has 5 nitrogen and oxygen atoms in total. The van der Waals surface area contributed by atoms with E-state index >= 15 is 0 Å². The molecule has 6 heteroatoms. The number of anilines is 1. The number of hydrogen-bond donors (Lipinski definition) is 3. The lowest BCUT2D eigenvalue weighted by Crippen LogP contribution is -2.57. The van der Waals surface area contributed by atoms with E-state index < -0.39 is 5.60 Å². The molecular formula is C33H42N2O3S. The number of aliphatic hydroxyl groups excluding tert-OH is 1. The minimum atomic E-state index is -0.944. The van der Waals surface area contributed by atoms with Gasteiger partial charge in [0, 0.05) is 22.5 Å². The van der Waals surface area contributed by atoms with Gasteiger partial charge in [-0.05, 0) is 92.2 Å². The summed E-state index contributed by atoms with van der Waals surface area (Å²) < 4.78 is 0. The first-order chi connectivity index (χ1) is 18.7. The van der Waals surface area contributed by atoms with Crippen LogP contribution >= 0.6 is 11.3 Å². The second-order valence-electron chi connectivity index (χ2n) is 12.9. The molecule has 208 valence electrons. The molecule has 3 fully saturated rings. The number of nitrogens with zero attached hydrogens (tertiary/aromatic N) is 1. The molecular weight excluding hydrogens is 504 g/mol. The van der Waals surface area contributed by atoms with Gasteiger partial charge >= 0.3 is 6.03 Å². The molecule has 1 heterocycles. The molecule has 6 rings (SSSR count). The highest BCUT2D eigenvalue weighted by Gasteiger charge is 2.62. The Hall–Kier alpha value is -2.41. The average Bonchev–Trinajstić information content (AvgIpc) is 3.53. The van der Waals surface area contributed by atoms with Gasteiger partial charge in [-0.25, -0.2) is 4.79 Å². The lowest BCUT2D eigenvalue weighted by molar-refractivity contribution is -0.0958. The molecule has 0 radical (unpaired) electrons. The number of amides is 2. The molecule has 0 spiro atoms. The van der Waals surface area contributed by atoms with Crippen LogP contribution in [0.25, 0.3) is 0 Å². The summed E-state index contributed by atoms with van der Waals surface area (Å²) in [6, 6.07) is 13.6. The van der Waals surface area contributed by atoms with Gasteiger partial charge in [-0.3, -0.25) is 0 Å². The van der Waals surface area contributed by atoms with E-state index in [1.54, 1.807) is 11.3 Å². The SMILES string of the molecule is C[C@]12CC[C@H](O)CC1=CC=C1[C@@H]2CC[C@@]2(C)[C@H]1CC[C@@]2(O)CN(CCc1cccs1)C(=O)Nc1ccccc1. The van der Waals surface area contributed by atoms with Gasteiger partial charge in [-0.1, -0.05) is 61.4 Å². The van der Waals surface area contributed by atoms with Crippen molar-refractivity contribution >= 4 is 23.1 Å². The van der Waals surface area contributed by atoms with Crippen LogP contribution in [-0.2, 0) is 6.42 Å². The molecule has 4 aliphatic rings. The molecule has 1 aromatic heterocycles. The molecule has 2 amide bonds. The number of para-hydroxylation sites is 1. The van der Waals surface area contributed by atoms with E-state index in [1.165, 1.54) is 16.0 Å². The Bertz CT molecular complexity index is 1260. The first kappa shape index (κ1) is 26.8.